The fraction of sp³-hybridized carbons (Fsp3) is 0.692. The molecule has 0 fully saturated rings. The van der Waals surface area contributed by atoms with Crippen molar-refractivity contribution in [1.29, 1.82) is 0 Å². The highest BCUT2D eigenvalue weighted by molar-refractivity contribution is 5.41. The molecule has 102 valence electrons. The van der Waals surface area contributed by atoms with E-state index in [1.807, 2.05) is 18.9 Å². The molecule has 5 nitrogen and oxygen atoms in total. The summed E-state index contributed by atoms with van der Waals surface area (Å²) in [5.41, 5.74) is 6.76. The van der Waals surface area contributed by atoms with Crippen molar-refractivity contribution in [2.45, 2.75) is 40.3 Å². The van der Waals surface area contributed by atoms with Crippen LogP contribution in [-0.4, -0.2) is 29.4 Å². The quantitative estimate of drug-likeness (QED) is 0.870. The zero-order valence-corrected chi connectivity index (χ0v) is 12.0. The number of nitrogens with two attached hydrogens (primary N) is 1. The van der Waals surface area contributed by atoms with Gasteiger partial charge in [0.05, 0.1) is 18.4 Å². The van der Waals surface area contributed by atoms with Gasteiger partial charge >= 0.3 is 0 Å². The van der Waals surface area contributed by atoms with Gasteiger partial charge in [-0.15, -0.1) is 0 Å². The lowest BCUT2D eigenvalue weighted by Crippen LogP contribution is -2.42. The molecule has 1 aromatic heterocycles. The van der Waals surface area contributed by atoms with Crippen LogP contribution < -0.4 is 16.2 Å². The molecule has 0 spiro atoms. The molecule has 0 radical (unpaired) electrons. The molecule has 0 aromatic carbocycles. The Labute approximate surface area is 109 Å². The molecule has 1 heterocycles. The highest BCUT2D eigenvalue weighted by atomic mass is 16.1. The van der Waals surface area contributed by atoms with Crippen LogP contribution in [0.3, 0.4) is 0 Å². The second-order valence-corrected chi connectivity index (χ2v) is 5.72. The van der Waals surface area contributed by atoms with Gasteiger partial charge in [-0.05, 0) is 12.3 Å². The number of hydrogen-bond acceptors (Lipinski definition) is 4. The second kappa shape index (κ2) is 5.52. The Morgan fingerprint density at radius 3 is 2.56 bits per heavy atom. The van der Waals surface area contributed by atoms with Crippen molar-refractivity contribution in [3.8, 4) is 0 Å². The molecule has 1 unspecified atom stereocenters. The van der Waals surface area contributed by atoms with Crippen molar-refractivity contribution in [2.75, 3.05) is 18.5 Å². The fourth-order valence-electron chi connectivity index (χ4n) is 1.41. The van der Waals surface area contributed by atoms with E-state index in [-0.39, 0.29) is 17.0 Å². The third kappa shape index (κ3) is 3.57. The topological polar surface area (TPSA) is 64.2 Å². The maximum Gasteiger partial charge on any atom is 0.268 e. The molecule has 18 heavy (non-hydrogen) atoms. The van der Waals surface area contributed by atoms with E-state index in [4.69, 9.17) is 5.73 Å². The van der Waals surface area contributed by atoms with E-state index < -0.39 is 0 Å². The van der Waals surface area contributed by atoms with E-state index in [9.17, 15) is 4.79 Å². The molecule has 0 aliphatic rings. The Morgan fingerprint density at radius 2 is 2.11 bits per heavy atom. The number of aromatic nitrogens is 2. The summed E-state index contributed by atoms with van der Waals surface area (Å²) in [4.78, 5) is 13.9. The van der Waals surface area contributed by atoms with Gasteiger partial charge in [0, 0.05) is 25.7 Å². The van der Waals surface area contributed by atoms with Crippen molar-refractivity contribution < 1.29 is 0 Å². The highest BCUT2D eigenvalue weighted by Gasteiger charge is 2.21. The Morgan fingerprint density at radius 1 is 1.50 bits per heavy atom. The number of rotatable bonds is 4. The number of nitrogens with zero attached hydrogens (tertiary/aromatic N) is 3. The number of anilines is 1. The van der Waals surface area contributed by atoms with Gasteiger partial charge < -0.3 is 10.6 Å². The van der Waals surface area contributed by atoms with Gasteiger partial charge in [-0.1, -0.05) is 20.8 Å². The lowest BCUT2D eigenvalue weighted by Gasteiger charge is -2.27. The van der Waals surface area contributed by atoms with Crippen LogP contribution in [0.1, 0.15) is 27.7 Å². The first kappa shape index (κ1) is 14.7. The Kier molecular flexibility index (Phi) is 4.51. The first-order valence-corrected chi connectivity index (χ1v) is 6.29. The highest BCUT2D eigenvalue weighted by Crippen LogP contribution is 2.18. The molecular weight excluding hydrogens is 228 g/mol. The molecule has 1 rings (SSSR count). The van der Waals surface area contributed by atoms with Crippen molar-refractivity contribution >= 4 is 5.69 Å². The van der Waals surface area contributed by atoms with Gasteiger partial charge in [-0.25, -0.2) is 4.68 Å². The summed E-state index contributed by atoms with van der Waals surface area (Å²) in [6.45, 7) is 9.48. The van der Waals surface area contributed by atoms with E-state index in [1.165, 1.54) is 4.68 Å². The monoisotopic (exact) mass is 252 g/mol. The van der Waals surface area contributed by atoms with Crippen molar-refractivity contribution in [2.24, 2.45) is 11.1 Å². The van der Waals surface area contributed by atoms with E-state index in [0.29, 0.717) is 6.54 Å². The third-order valence-electron chi connectivity index (χ3n) is 3.25. The summed E-state index contributed by atoms with van der Waals surface area (Å²) in [6, 6.07) is 1.50. The lowest BCUT2D eigenvalue weighted by molar-refractivity contribution is 0.279. The Hall–Kier alpha value is -1.36. The first-order valence-electron chi connectivity index (χ1n) is 6.29. The third-order valence-corrected chi connectivity index (χ3v) is 3.25. The van der Waals surface area contributed by atoms with Crippen LogP contribution in [0.15, 0.2) is 17.1 Å². The molecule has 1 aromatic rings. The average Bonchev–Trinajstić information content (AvgIpc) is 2.29. The smallest absolute Gasteiger partial charge is 0.268 e. The van der Waals surface area contributed by atoms with E-state index in [2.05, 4.69) is 25.9 Å². The van der Waals surface area contributed by atoms with Crippen LogP contribution in [0.5, 0.6) is 0 Å². The molecule has 0 amide bonds. The molecule has 0 aliphatic carbocycles. The van der Waals surface area contributed by atoms with Crippen LogP contribution in [0, 0.1) is 5.41 Å². The van der Waals surface area contributed by atoms with Crippen molar-refractivity contribution in [3.63, 3.8) is 0 Å². The van der Waals surface area contributed by atoms with Crippen LogP contribution >= 0.6 is 0 Å². The van der Waals surface area contributed by atoms with Crippen molar-refractivity contribution in [1.82, 2.24) is 9.78 Å². The van der Waals surface area contributed by atoms with E-state index in [0.717, 1.165) is 12.2 Å². The molecule has 5 heteroatoms. The molecule has 0 bridgehead atoms. The lowest BCUT2D eigenvalue weighted by atomic mass is 9.87. The summed E-state index contributed by atoms with van der Waals surface area (Å²) in [5, 5.41) is 4.18. The maximum atomic E-state index is 11.9. The average molecular weight is 252 g/mol. The van der Waals surface area contributed by atoms with Gasteiger partial charge in [-0.2, -0.15) is 5.10 Å². The van der Waals surface area contributed by atoms with Gasteiger partial charge in [0.1, 0.15) is 0 Å². The van der Waals surface area contributed by atoms with Gasteiger partial charge in [0.25, 0.3) is 5.56 Å². The van der Waals surface area contributed by atoms with Crippen LogP contribution in [-0.2, 0) is 6.54 Å². The minimum Gasteiger partial charge on any atom is -0.373 e. The molecule has 0 saturated carbocycles. The standard InChI is InChI=1S/C13H24N4O/c1-6-16(5)10-7-12(18)17(15-8-10)9-11(14)13(2,3)4/h7-8,11H,6,9,14H2,1-5H3. The predicted octanol–water partition coefficient (Wildman–Crippen LogP) is 1.07. The van der Waals surface area contributed by atoms with Crippen LogP contribution in [0.4, 0.5) is 5.69 Å². The summed E-state index contributed by atoms with van der Waals surface area (Å²) in [7, 11) is 1.93. The predicted molar refractivity (Wildman–Crippen MR) is 74.9 cm³/mol. The minimum atomic E-state index is -0.104. The fourth-order valence-corrected chi connectivity index (χ4v) is 1.41. The molecular formula is C13H24N4O. The van der Waals surface area contributed by atoms with E-state index in [1.54, 1.807) is 12.3 Å². The summed E-state index contributed by atoms with van der Waals surface area (Å²) < 4.78 is 1.43. The Balaban J connectivity index is 2.90. The SMILES string of the molecule is CCN(C)c1cnn(CC(N)C(C)(C)C)c(=O)c1. The summed E-state index contributed by atoms with van der Waals surface area (Å²) in [5.74, 6) is 0. The number of hydrogen-bond donors (Lipinski definition) is 1. The molecule has 0 saturated heterocycles. The largest absolute Gasteiger partial charge is 0.373 e. The van der Waals surface area contributed by atoms with Crippen LogP contribution in [0.25, 0.3) is 0 Å². The summed E-state index contributed by atoms with van der Waals surface area (Å²) >= 11 is 0. The van der Waals surface area contributed by atoms with Gasteiger partial charge in [-0.3, -0.25) is 4.79 Å². The second-order valence-electron chi connectivity index (χ2n) is 5.72. The molecule has 0 aliphatic heterocycles. The minimum absolute atomic E-state index is 0.0417. The Bertz CT molecular complexity index is 447. The normalized spacial score (nSPS) is 13.4. The molecule has 2 N–H and O–H groups in total. The zero-order valence-electron chi connectivity index (χ0n) is 12.0. The van der Waals surface area contributed by atoms with E-state index >= 15 is 0 Å². The first-order chi connectivity index (χ1) is 8.25. The maximum absolute atomic E-state index is 11.9. The van der Waals surface area contributed by atoms with Crippen LogP contribution in [0.2, 0.25) is 0 Å². The van der Waals surface area contributed by atoms with Gasteiger partial charge in [0.15, 0.2) is 0 Å². The zero-order chi connectivity index (χ0) is 13.9. The molecule has 1 atom stereocenters. The summed E-state index contributed by atoms with van der Waals surface area (Å²) in [6.07, 6.45) is 1.71. The van der Waals surface area contributed by atoms with Gasteiger partial charge in [0.2, 0.25) is 0 Å². The van der Waals surface area contributed by atoms with Crippen molar-refractivity contribution in [3.05, 3.63) is 22.6 Å².